The number of alkyl carbamates (subject to hydrolysis) is 1. The third-order valence-electron chi connectivity index (χ3n) is 2.06. The highest BCUT2D eigenvalue weighted by atomic mass is 33.1. The van der Waals surface area contributed by atoms with E-state index in [1.807, 2.05) is 0 Å². The molecule has 0 saturated heterocycles. The van der Waals surface area contributed by atoms with Crippen molar-refractivity contribution in [2.75, 3.05) is 18.6 Å². The van der Waals surface area contributed by atoms with Crippen LogP contribution in [0.5, 0.6) is 0 Å². The number of hydrogen-bond acceptors (Lipinski definition) is 8. The Morgan fingerprint density at radius 3 is 2.23 bits per heavy atom. The summed E-state index contributed by atoms with van der Waals surface area (Å²) in [7, 11) is 3.62. The van der Waals surface area contributed by atoms with Crippen LogP contribution in [0.4, 0.5) is 4.79 Å². The molecule has 128 valence electrons. The average molecular weight is 354 g/mol. The second-order valence-electron chi connectivity index (χ2n) is 5.24. The smallest absolute Gasteiger partial charge is 0.408 e. The highest BCUT2D eigenvalue weighted by molar-refractivity contribution is 8.76. The summed E-state index contributed by atoms with van der Waals surface area (Å²) in [5.74, 6) is -1.32. The van der Waals surface area contributed by atoms with Crippen LogP contribution in [0, 0.1) is 0 Å². The van der Waals surface area contributed by atoms with E-state index in [2.05, 4.69) is 10.1 Å². The summed E-state index contributed by atoms with van der Waals surface area (Å²) in [6, 6.07) is -1.87. The van der Waals surface area contributed by atoms with Crippen molar-refractivity contribution >= 4 is 39.6 Å². The second kappa shape index (κ2) is 9.80. The minimum atomic E-state index is -1.09. The average Bonchev–Trinajstić information content (AvgIpc) is 2.38. The molecule has 0 saturated carbocycles. The van der Waals surface area contributed by atoms with Crippen molar-refractivity contribution < 1.29 is 29.0 Å². The van der Waals surface area contributed by atoms with Gasteiger partial charge in [-0.05, 0) is 20.8 Å². The summed E-state index contributed by atoms with van der Waals surface area (Å²) in [5.41, 5.74) is 4.67. The van der Waals surface area contributed by atoms with E-state index in [0.717, 1.165) is 0 Å². The van der Waals surface area contributed by atoms with Gasteiger partial charge in [0.2, 0.25) is 0 Å². The summed E-state index contributed by atoms with van der Waals surface area (Å²) in [4.78, 5) is 33.8. The zero-order valence-corrected chi connectivity index (χ0v) is 14.6. The zero-order valence-electron chi connectivity index (χ0n) is 13.0. The zero-order chi connectivity index (χ0) is 17.3. The van der Waals surface area contributed by atoms with Gasteiger partial charge in [0.15, 0.2) is 0 Å². The summed E-state index contributed by atoms with van der Waals surface area (Å²) < 4.78 is 9.68. The first kappa shape index (κ1) is 20.9. The molecular formula is C12H22N2O6S2. The van der Waals surface area contributed by atoms with Crippen molar-refractivity contribution in [2.45, 2.75) is 38.5 Å². The number of carboxylic acids is 1. The van der Waals surface area contributed by atoms with Crippen molar-refractivity contribution in [3.63, 3.8) is 0 Å². The Bertz CT molecular complexity index is 400. The van der Waals surface area contributed by atoms with E-state index >= 15 is 0 Å². The fourth-order valence-corrected chi connectivity index (χ4v) is 3.33. The van der Waals surface area contributed by atoms with Crippen LogP contribution in [-0.4, -0.2) is 59.4 Å². The van der Waals surface area contributed by atoms with E-state index in [4.69, 9.17) is 15.6 Å². The fraction of sp³-hybridized carbons (Fsp3) is 0.750. The van der Waals surface area contributed by atoms with Gasteiger partial charge in [0, 0.05) is 11.5 Å². The van der Waals surface area contributed by atoms with Crippen LogP contribution in [0.25, 0.3) is 0 Å². The molecule has 10 heteroatoms. The van der Waals surface area contributed by atoms with E-state index < -0.39 is 35.7 Å². The highest BCUT2D eigenvalue weighted by Gasteiger charge is 2.25. The number of amides is 1. The first-order chi connectivity index (χ1) is 10.1. The van der Waals surface area contributed by atoms with Crippen LogP contribution in [0.2, 0.25) is 0 Å². The lowest BCUT2D eigenvalue weighted by atomic mass is 10.2. The van der Waals surface area contributed by atoms with E-state index in [1.54, 1.807) is 20.8 Å². The number of rotatable bonds is 8. The molecule has 0 aromatic heterocycles. The van der Waals surface area contributed by atoms with Gasteiger partial charge in [0.25, 0.3) is 0 Å². The minimum Gasteiger partial charge on any atom is -0.480 e. The van der Waals surface area contributed by atoms with Crippen molar-refractivity contribution in [3.8, 4) is 0 Å². The standard InChI is InChI=1S/C12H22N2O6S2/c1-12(2,3)20-11(18)14-8(10(17)19-4)6-22-21-5-7(13)9(15)16/h7-8H,5-6,13H2,1-4H3,(H,14,18)(H,15,16)/t7?,8-/m1/s1. The molecule has 8 nitrogen and oxygen atoms in total. The number of ether oxygens (including phenoxy) is 2. The Balaban J connectivity index is 4.33. The quantitative estimate of drug-likeness (QED) is 0.330. The molecule has 0 fully saturated rings. The molecule has 0 aromatic rings. The lowest BCUT2D eigenvalue weighted by Gasteiger charge is -2.22. The molecule has 0 bridgehead atoms. The van der Waals surface area contributed by atoms with Gasteiger partial charge in [-0.15, -0.1) is 0 Å². The normalized spacial score (nSPS) is 13.9. The van der Waals surface area contributed by atoms with Gasteiger partial charge in [0.05, 0.1) is 7.11 Å². The number of hydrogen-bond donors (Lipinski definition) is 3. The van der Waals surface area contributed by atoms with Crippen LogP contribution in [0.15, 0.2) is 0 Å². The van der Waals surface area contributed by atoms with E-state index in [1.165, 1.54) is 28.7 Å². The molecule has 1 unspecified atom stereocenters. The second-order valence-corrected chi connectivity index (χ2v) is 7.79. The monoisotopic (exact) mass is 354 g/mol. The summed E-state index contributed by atoms with van der Waals surface area (Å²) >= 11 is 0. The first-order valence-electron chi connectivity index (χ1n) is 6.37. The van der Waals surface area contributed by atoms with E-state index in [-0.39, 0.29) is 11.5 Å². The largest absolute Gasteiger partial charge is 0.480 e. The number of aliphatic carboxylic acids is 1. The molecule has 0 aliphatic rings. The van der Waals surface area contributed by atoms with Gasteiger partial charge >= 0.3 is 18.0 Å². The molecule has 4 N–H and O–H groups in total. The highest BCUT2D eigenvalue weighted by Crippen LogP contribution is 2.23. The summed E-state index contributed by atoms with van der Waals surface area (Å²) in [6.07, 6.45) is -0.726. The maximum absolute atomic E-state index is 11.7. The molecule has 1 amide bonds. The van der Waals surface area contributed by atoms with Crippen LogP contribution in [-0.2, 0) is 19.1 Å². The molecule has 0 heterocycles. The number of carbonyl (C=O) groups is 3. The van der Waals surface area contributed by atoms with Gasteiger partial charge in [0.1, 0.15) is 17.7 Å². The summed E-state index contributed by atoms with van der Waals surface area (Å²) in [6.45, 7) is 5.12. The summed E-state index contributed by atoms with van der Waals surface area (Å²) in [5, 5.41) is 11.1. The predicted octanol–water partition coefficient (Wildman–Crippen LogP) is 0.846. The van der Waals surface area contributed by atoms with E-state index in [0.29, 0.717) is 0 Å². The molecule has 0 radical (unpaired) electrons. The third-order valence-corrected chi connectivity index (χ3v) is 4.51. The SMILES string of the molecule is COC(=O)[C@@H](CSSCC(N)C(=O)O)NC(=O)OC(C)(C)C. The molecule has 0 spiro atoms. The molecule has 2 atom stereocenters. The molecule has 0 aliphatic carbocycles. The Kier molecular flexibility index (Phi) is 9.30. The lowest BCUT2D eigenvalue weighted by Crippen LogP contribution is -2.45. The van der Waals surface area contributed by atoms with Crippen molar-refractivity contribution in [1.29, 1.82) is 0 Å². The lowest BCUT2D eigenvalue weighted by molar-refractivity contribution is -0.142. The number of nitrogens with one attached hydrogen (secondary N) is 1. The maximum atomic E-state index is 11.7. The maximum Gasteiger partial charge on any atom is 0.408 e. The van der Waals surface area contributed by atoms with Gasteiger partial charge < -0.3 is 25.6 Å². The van der Waals surface area contributed by atoms with Crippen molar-refractivity contribution in [2.24, 2.45) is 5.73 Å². The molecule has 0 rings (SSSR count). The van der Waals surface area contributed by atoms with Crippen LogP contribution in [0.3, 0.4) is 0 Å². The molecule has 0 aliphatic heterocycles. The third kappa shape index (κ3) is 9.74. The number of nitrogens with two attached hydrogens (primary N) is 1. The van der Waals surface area contributed by atoms with E-state index in [9.17, 15) is 14.4 Å². The Labute approximate surface area is 137 Å². The Hall–Kier alpha value is -1.13. The molecular weight excluding hydrogens is 332 g/mol. The van der Waals surface area contributed by atoms with Gasteiger partial charge in [-0.1, -0.05) is 21.6 Å². The van der Waals surface area contributed by atoms with Crippen molar-refractivity contribution in [1.82, 2.24) is 5.32 Å². The van der Waals surface area contributed by atoms with Crippen LogP contribution >= 0.6 is 21.6 Å². The topological polar surface area (TPSA) is 128 Å². The molecule has 22 heavy (non-hydrogen) atoms. The van der Waals surface area contributed by atoms with Crippen LogP contribution in [0.1, 0.15) is 20.8 Å². The Morgan fingerprint density at radius 1 is 1.23 bits per heavy atom. The fourth-order valence-electron chi connectivity index (χ4n) is 1.07. The number of esters is 1. The Morgan fingerprint density at radius 2 is 1.77 bits per heavy atom. The minimum absolute atomic E-state index is 0.181. The number of carboxylic acid groups (broad SMARTS) is 1. The van der Waals surface area contributed by atoms with Gasteiger partial charge in [-0.3, -0.25) is 4.79 Å². The van der Waals surface area contributed by atoms with Gasteiger partial charge in [-0.25, -0.2) is 9.59 Å². The predicted molar refractivity (Wildman–Crippen MR) is 85.7 cm³/mol. The van der Waals surface area contributed by atoms with Crippen LogP contribution < -0.4 is 11.1 Å². The first-order valence-corrected chi connectivity index (χ1v) is 8.85. The number of carbonyl (C=O) groups excluding carboxylic acids is 2. The molecule has 0 aromatic carbocycles. The van der Waals surface area contributed by atoms with Crippen molar-refractivity contribution in [3.05, 3.63) is 0 Å². The number of methoxy groups -OCH3 is 1. The van der Waals surface area contributed by atoms with Gasteiger partial charge in [-0.2, -0.15) is 0 Å².